The standard InChI is InChI=1S/C17H26N2O3/c1-12(2)7-9-22-15-5-4-13(10-16(15)21-3)17(20)19-8-6-14(18)11-19/h4-5,10,12,14H,6-9,11,18H2,1-3H3. The molecular formula is C17H26N2O3. The lowest BCUT2D eigenvalue weighted by Gasteiger charge is -2.17. The molecule has 1 aliphatic heterocycles. The molecule has 1 aromatic carbocycles. The summed E-state index contributed by atoms with van der Waals surface area (Å²) in [5.41, 5.74) is 6.47. The largest absolute Gasteiger partial charge is 0.493 e. The molecule has 22 heavy (non-hydrogen) atoms. The molecule has 0 spiro atoms. The minimum Gasteiger partial charge on any atom is -0.493 e. The molecule has 122 valence electrons. The molecule has 5 nitrogen and oxygen atoms in total. The first-order valence-corrected chi connectivity index (χ1v) is 7.87. The van der Waals surface area contributed by atoms with Crippen LogP contribution in [0.3, 0.4) is 0 Å². The van der Waals surface area contributed by atoms with Crippen molar-refractivity contribution in [2.24, 2.45) is 11.7 Å². The predicted octanol–water partition coefficient (Wildman–Crippen LogP) is 2.29. The molecule has 1 aromatic rings. The fourth-order valence-corrected chi connectivity index (χ4v) is 2.48. The van der Waals surface area contributed by atoms with Gasteiger partial charge in [-0.15, -0.1) is 0 Å². The second-order valence-electron chi connectivity index (χ2n) is 6.20. The molecular weight excluding hydrogens is 280 g/mol. The maximum Gasteiger partial charge on any atom is 0.254 e. The summed E-state index contributed by atoms with van der Waals surface area (Å²) in [6, 6.07) is 5.43. The zero-order chi connectivity index (χ0) is 16.1. The summed E-state index contributed by atoms with van der Waals surface area (Å²) in [6.07, 6.45) is 1.84. The topological polar surface area (TPSA) is 64.8 Å². The minimum atomic E-state index is -0.0000181. The predicted molar refractivity (Wildman–Crippen MR) is 86.4 cm³/mol. The van der Waals surface area contributed by atoms with Gasteiger partial charge in [-0.25, -0.2) is 0 Å². The van der Waals surface area contributed by atoms with Crippen molar-refractivity contribution in [1.29, 1.82) is 0 Å². The number of carbonyl (C=O) groups is 1. The van der Waals surface area contributed by atoms with Crippen LogP contribution in [0.25, 0.3) is 0 Å². The Morgan fingerprint density at radius 3 is 2.77 bits per heavy atom. The highest BCUT2D eigenvalue weighted by atomic mass is 16.5. The van der Waals surface area contributed by atoms with Gasteiger partial charge in [-0.3, -0.25) is 4.79 Å². The second-order valence-corrected chi connectivity index (χ2v) is 6.20. The van der Waals surface area contributed by atoms with Crippen molar-refractivity contribution < 1.29 is 14.3 Å². The fraction of sp³-hybridized carbons (Fsp3) is 0.588. The molecule has 5 heteroatoms. The zero-order valence-electron chi connectivity index (χ0n) is 13.7. The summed E-state index contributed by atoms with van der Waals surface area (Å²) in [6.45, 7) is 6.29. The van der Waals surface area contributed by atoms with E-state index in [0.29, 0.717) is 36.1 Å². The van der Waals surface area contributed by atoms with Crippen molar-refractivity contribution in [2.75, 3.05) is 26.8 Å². The van der Waals surface area contributed by atoms with Crippen LogP contribution >= 0.6 is 0 Å². The van der Waals surface area contributed by atoms with Crippen molar-refractivity contribution in [3.63, 3.8) is 0 Å². The third-order valence-corrected chi connectivity index (χ3v) is 3.88. The molecule has 1 atom stereocenters. The van der Waals surface area contributed by atoms with E-state index in [0.717, 1.165) is 19.4 Å². The molecule has 1 amide bonds. The van der Waals surface area contributed by atoms with Gasteiger partial charge >= 0.3 is 0 Å². The summed E-state index contributed by atoms with van der Waals surface area (Å²) in [5, 5.41) is 0. The number of amides is 1. The van der Waals surface area contributed by atoms with Gasteiger partial charge < -0.3 is 20.1 Å². The van der Waals surface area contributed by atoms with Crippen molar-refractivity contribution in [2.45, 2.75) is 32.7 Å². The number of likely N-dealkylation sites (tertiary alicyclic amines) is 1. The van der Waals surface area contributed by atoms with Crippen LogP contribution < -0.4 is 15.2 Å². The van der Waals surface area contributed by atoms with E-state index >= 15 is 0 Å². The Bertz CT molecular complexity index is 517. The van der Waals surface area contributed by atoms with E-state index in [1.807, 2.05) is 6.07 Å². The number of rotatable bonds is 6. The molecule has 1 heterocycles. The average Bonchev–Trinajstić information content (AvgIpc) is 2.93. The number of hydrogen-bond donors (Lipinski definition) is 1. The summed E-state index contributed by atoms with van der Waals surface area (Å²) >= 11 is 0. The zero-order valence-corrected chi connectivity index (χ0v) is 13.7. The molecule has 0 radical (unpaired) electrons. The maximum atomic E-state index is 12.4. The van der Waals surface area contributed by atoms with Crippen LogP contribution in [0.1, 0.15) is 37.0 Å². The normalized spacial score (nSPS) is 17.9. The van der Waals surface area contributed by atoms with E-state index in [-0.39, 0.29) is 11.9 Å². The highest BCUT2D eigenvalue weighted by Crippen LogP contribution is 2.29. The molecule has 1 aliphatic rings. The Kier molecular flexibility index (Phi) is 5.66. The Balaban J connectivity index is 2.06. The second kappa shape index (κ2) is 7.49. The SMILES string of the molecule is COc1cc(C(=O)N2CCC(N)C2)ccc1OCCC(C)C. The Morgan fingerprint density at radius 2 is 2.18 bits per heavy atom. The van der Waals surface area contributed by atoms with Crippen molar-refractivity contribution >= 4 is 5.91 Å². The van der Waals surface area contributed by atoms with Crippen LogP contribution in [-0.2, 0) is 0 Å². The third kappa shape index (κ3) is 4.13. The van der Waals surface area contributed by atoms with Crippen molar-refractivity contribution in [3.05, 3.63) is 23.8 Å². The first kappa shape index (κ1) is 16.6. The van der Waals surface area contributed by atoms with Gasteiger partial charge in [0.2, 0.25) is 0 Å². The van der Waals surface area contributed by atoms with Crippen LogP contribution in [-0.4, -0.2) is 43.7 Å². The van der Waals surface area contributed by atoms with Crippen LogP contribution in [0, 0.1) is 5.92 Å². The number of benzene rings is 1. The molecule has 2 N–H and O–H groups in total. The summed E-state index contributed by atoms with van der Waals surface area (Å²) in [5.74, 6) is 1.86. The van der Waals surface area contributed by atoms with E-state index in [4.69, 9.17) is 15.2 Å². The number of hydrogen-bond acceptors (Lipinski definition) is 4. The van der Waals surface area contributed by atoms with Gasteiger partial charge in [0.05, 0.1) is 13.7 Å². The van der Waals surface area contributed by atoms with Gasteiger partial charge in [0, 0.05) is 24.7 Å². The summed E-state index contributed by atoms with van der Waals surface area (Å²) in [4.78, 5) is 14.2. The van der Waals surface area contributed by atoms with E-state index in [1.165, 1.54) is 0 Å². The van der Waals surface area contributed by atoms with Gasteiger partial charge in [0.25, 0.3) is 5.91 Å². The highest BCUT2D eigenvalue weighted by Gasteiger charge is 2.25. The first-order chi connectivity index (χ1) is 10.5. The number of nitrogens with two attached hydrogens (primary N) is 1. The van der Waals surface area contributed by atoms with E-state index in [1.54, 1.807) is 24.1 Å². The Morgan fingerprint density at radius 1 is 1.41 bits per heavy atom. The van der Waals surface area contributed by atoms with Gasteiger partial charge in [-0.1, -0.05) is 13.8 Å². The van der Waals surface area contributed by atoms with Crippen LogP contribution in [0.15, 0.2) is 18.2 Å². The van der Waals surface area contributed by atoms with E-state index in [2.05, 4.69) is 13.8 Å². The highest BCUT2D eigenvalue weighted by molar-refractivity contribution is 5.95. The van der Waals surface area contributed by atoms with Gasteiger partial charge in [0.15, 0.2) is 11.5 Å². The van der Waals surface area contributed by atoms with E-state index in [9.17, 15) is 4.79 Å². The smallest absolute Gasteiger partial charge is 0.254 e. The van der Waals surface area contributed by atoms with Crippen molar-refractivity contribution in [3.8, 4) is 11.5 Å². The number of methoxy groups -OCH3 is 1. The minimum absolute atomic E-state index is 0.0000181. The third-order valence-electron chi connectivity index (χ3n) is 3.88. The number of nitrogens with zero attached hydrogens (tertiary/aromatic N) is 1. The van der Waals surface area contributed by atoms with Crippen LogP contribution in [0.5, 0.6) is 11.5 Å². The number of ether oxygens (including phenoxy) is 2. The van der Waals surface area contributed by atoms with Crippen molar-refractivity contribution in [1.82, 2.24) is 4.90 Å². The summed E-state index contributed by atoms with van der Waals surface area (Å²) in [7, 11) is 1.59. The number of carbonyl (C=O) groups excluding carboxylic acids is 1. The molecule has 0 bridgehead atoms. The molecule has 1 unspecified atom stereocenters. The monoisotopic (exact) mass is 306 g/mol. The van der Waals surface area contributed by atoms with Gasteiger partial charge in [-0.05, 0) is 37.0 Å². The van der Waals surface area contributed by atoms with Crippen LogP contribution in [0.2, 0.25) is 0 Å². The summed E-state index contributed by atoms with van der Waals surface area (Å²) < 4.78 is 11.1. The molecule has 0 aromatic heterocycles. The quantitative estimate of drug-likeness (QED) is 0.876. The van der Waals surface area contributed by atoms with Gasteiger partial charge in [-0.2, -0.15) is 0 Å². The molecule has 1 fully saturated rings. The lowest BCUT2D eigenvalue weighted by Crippen LogP contribution is -2.31. The average molecular weight is 306 g/mol. The molecule has 1 saturated heterocycles. The molecule has 2 rings (SSSR count). The van der Waals surface area contributed by atoms with E-state index < -0.39 is 0 Å². The van der Waals surface area contributed by atoms with Crippen LogP contribution in [0.4, 0.5) is 0 Å². The lowest BCUT2D eigenvalue weighted by molar-refractivity contribution is 0.0790. The Hall–Kier alpha value is -1.75. The fourth-order valence-electron chi connectivity index (χ4n) is 2.48. The Labute approximate surface area is 132 Å². The lowest BCUT2D eigenvalue weighted by atomic mass is 10.1. The van der Waals surface area contributed by atoms with Gasteiger partial charge in [0.1, 0.15) is 0 Å². The molecule has 0 saturated carbocycles. The maximum absolute atomic E-state index is 12.4. The first-order valence-electron chi connectivity index (χ1n) is 7.87. The molecule has 0 aliphatic carbocycles.